The lowest BCUT2D eigenvalue weighted by Gasteiger charge is -2.12. The summed E-state index contributed by atoms with van der Waals surface area (Å²) in [5, 5.41) is 4.17. The van der Waals surface area contributed by atoms with Gasteiger partial charge in [0.1, 0.15) is 5.82 Å². The zero-order valence-electron chi connectivity index (χ0n) is 11.4. The molecule has 0 radical (unpaired) electrons. The standard InChI is InChI=1S/C17H17ClFN/c1-11-6-13(8-15(19)7-11)17-9-14(18)3-2-12(17)10-20-16-4-5-16/h2-3,6-9,16,20H,4-5,10H2,1H3. The Morgan fingerprint density at radius 3 is 2.70 bits per heavy atom. The summed E-state index contributed by atoms with van der Waals surface area (Å²) in [6, 6.07) is 11.6. The van der Waals surface area contributed by atoms with Crippen molar-refractivity contribution >= 4 is 11.6 Å². The minimum Gasteiger partial charge on any atom is -0.310 e. The Morgan fingerprint density at radius 2 is 2.00 bits per heavy atom. The molecule has 20 heavy (non-hydrogen) atoms. The highest BCUT2D eigenvalue weighted by Gasteiger charge is 2.20. The largest absolute Gasteiger partial charge is 0.310 e. The normalized spacial score (nSPS) is 14.6. The van der Waals surface area contributed by atoms with E-state index in [0.29, 0.717) is 11.1 Å². The Hall–Kier alpha value is -1.38. The van der Waals surface area contributed by atoms with Crippen LogP contribution in [0.2, 0.25) is 5.02 Å². The Morgan fingerprint density at radius 1 is 1.20 bits per heavy atom. The highest BCUT2D eigenvalue weighted by molar-refractivity contribution is 6.30. The van der Waals surface area contributed by atoms with Crippen molar-refractivity contribution in [3.05, 3.63) is 58.4 Å². The van der Waals surface area contributed by atoms with E-state index in [1.807, 2.05) is 31.2 Å². The van der Waals surface area contributed by atoms with Crippen molar-refractivity contribution in [3.8, 4) is 11.1 Å². The van der Waals surface area contributed by atoms with Crippen LogP contribution in [0.1, 0.15) is 24.0 Å². The molecule has 1 saturated carbocycles. The fraction of sp³-hybridized carbons (Fsp3) is 0.294. The second-order valence-corrected chi connectivity index (χ2v) is 5.91. The van der Waals surface area contributed by atoms with Crippen LogP contribution in [0, 0.1) is 12.7 Å². The van der Waals surface area contributed by atoms with Crippen LogP contribution in [0.15, 0.2) is 36.4 Å². The molecule has 0 bridgehead atoms. The molecule has 0 amide bonds. The number of rotatable bonds is 4. The van der Waals surface area contributed by atoms with Gasteiger partial charge in [-0.15, -0.1) is 0 Å². The van der Waals surface area contributed by atoms with Crippen LogP contribution < -0.4 is 5.32 Å². The van der Waals surface area contributed by atoms with Gasteiger partial charge in [-0.05, 0) is 66.3 Å². The molecule has 1 aliphatic rings. The number of halogens is 2. The van der Waals surface area contributed by atoms with E-state index < -0.39 is 0 Å². The summed E-state index contributed by atoms with van der Waals surface area (Å²) in [6.07, 6.45) is 2.50. The summed E-state index contributed by atoms with van der Waals surface area (Å²) in [5.41, 5.74) is 3.97. The molecule has 104 valence electrons. The van der Waals surface area contributed by atoms with Crippen molar-refractivity contribution in [1.82, 2.24) is 5.32 Å². The molecule has 1 aliphatic carbocycles. The number of hydrogen-bond acceptors (Lipinski definition) is 1. The van der Waals surface area contributed by atoms with E-state index in [1.54, 1.807) is 6.07 Å². The Kier molecular flexibility index (Phi) is 3.77. The third kappa shape index (κ3) is 3.20. The molecule has 0 heterocycles. The first kappa shape index (κ1) is 13.6. The van der Waals surface area contributed by atoms with Gasteiger partial charge in [0.2, 0.25) is 0 Å². The lowest BCUT2D eigenvalue weighted by molar-refractivity contribution is 0.627. The topological polar surface area (TPSA) is 12.0 Å². The molecule has 0 atom stereocenters. The lowest BCUT2D eigenvalue weighted by atomic mass is 9.98. The van der Waals surface area contributed by atoms with E-state index in [4.69, 9.17) is 11.6 Å². The molecule has 3 rings (SSSR count). The Bertz CT molecular complexity index is 615. The number of nitrogens with one attached hydrogen (secondary N) is 1. The van der Waals surface area contributed by atoms with Gasteiger partial charge in [0.15, 0.2) is 0 Å². The van der Waals surface area contributed by atoms with Gasteiger partial charge < -0.3 is 5.32 Å². The van der Waals surface area contributed by atoms with Gasteiger partial charge >= 0.3 is 0 Å². The summed E-state index contributed by atoms with van der Waals surface area (Å²) in [5.74, 6) is -0.207. The molecule has 0 spiro atoms. The van der Waals surface area contributed by atoms with Crippen LogP contribution in [0.3, 0.4) is 0 Å². The highest BCUT2D eigenvalue weighted by Crippen LogP contribution is 2.29. The first-order valence-corrected chi connectivity index (χ1v) is 7.29. The molecule has 1 fully saturated rings. The van der Waals surface area contributed by atoms with Crippen LogP contribution in [0.5, 0.6) is 0 Å². The van der Waals surface area contributed by atoms with Crippen molar-refractivity contribution in [3.63, 3.8) is 0 Å². The van der Waals surface area contributed by atoms with E-state index in [2.05, 4.69) is 5.32 Å². The summed E-state index contributed by atoms with van der Waals surface area (Å²) < 4.78 is 13.6. The first-order chi connectivity index (χ1) is 9.61. The van der Waals surface area contributed by atoms with E-state index in [0.717, 1.165) is 28.8 Å². The van der Waals surface area contributed by atoms with Crippen LogP contribution in [-0.2, 0) is 6.54 Å². The average molecular weight is 290 g/mol. The average Bonchev–Trinajstić information content (AvgIpc) is 3.20. The van der Waals surface area contributed by atoms with Gasteiger partial charge in [-0.25, -0.2) is 4.39 Å². The number of aryl methyl sites for hydroxylation is 1. The molecule has 1 N–H and O–H groups in total. The van der Waals surface area contributed by atoms with Crippen molar-refractivity contribution in [2.75, 3.05) is 0 Å². The maximum absolute atomic E-state index is 13.6. The van der Waals surface area contributed by atoms with E-state index in [9.17, 15) is 4.39 Å². The molecular formula is C17H17ClFN. The third-order valence-electron chi connectivity index (χ3n) is 3.58. The molecular weight excluding hydrogens is 273 g/mol. The molecule has 0 saturated heterocycles. The number of hydrogen-bond donors (Lipinski definition) is 1. The summed E-state index contributed by atoms with van der Waals surface area (Å²) >= 11 is 6.11. The first-order valence-electron chi connectivity index (χ1n) is 6.91. The van der Waals surface area contributed by atoms with Gasteiger partial charge in [-0.2, -0.15) is 0 Å². The summed E-state index contributed by atoms with van der Waals surface area (Å²) in [7, 11) is 0. The predicted octanol–water partition coefficient (Wildman–Crippen LogP) is 4.71. The fourth-order valence-electron chi connectivity index (χ4n) is 2.41. The maximum atomic E-state index is 13.6. The minimum atomic E-state index is -0.207. The lowest BCUT2D eigenvalue weighted by Crippen LogP contribution is -2.15. The second kappa shape index (κ2) is 5.55. The van der Waals surface area contributed by atoms with Crippen LogP contribution in [0.4, 0.5) is 4.39 Å². The fourth-order valence-corrected chi connectivity index (χ4v) is 2.58. The summed E-state index contributed by atoms with van der Waals surface area (Å²) in [6.45, 7) is 2.70. The number of benzene rings is 2. The predicted molar refractivity (Wildman–Crippen MR) is 81.4 cm³/mol. The zero-order valence-corrected chi connectivity index (χ0v) is 12.2. The molecule has 0 aromatic heterocycles. The van der Waals surface area contributed by atoms with Crippen LogP contribution in [-0.4, -0.2) is 6.04 Å². The molecule has 3 heteroatoms. The molecule has 2 aromatic rings. The zero-order chi connectivity index (χ0) is 14.1. The van der Waals surface area contributed by atoms with Crippen LogP contribution >= 0.6 is 11.6 Å². The quantitative estimate of drug-likeness (QED) is 0.860. The van der Waals surface area contributed by atoms with E-state index in [-0.39, 0.29) is 5.82 Å². The van der Waals surface area contributed by atoms with Crippen molar-refractivity contribution < 1.29 is 4.39 Å². The third-order valence-corrected chi connectivity index (χ3v) is 3.82. The van der Waals surface area contributed by atoms with Gasteiger partial charge in [0.25, 0.3) is 0 Å². The molecule has 0 unspecified atom stereocenters. The van der Waals surface area contributed by atoms with Gasteiger partial charge in [-0.3, -0.25) is 0 Å². The van der Waals surface area contributed by atoms with Gasteiger partial charge in [0.05, 0.1) is 0 Å². The van der Waals surface area contributed by atoms with Crippen molar-refractivity contribution in [1.29, 1.82) is 0 Å². The molecule has 1 nitrogen and oxygen atoms in total. The van der Waals surface area contributed by atoms with Crippen molar-refractivity contribution in [2.45, 2.75) is 32.4 Å². The SMILES string of the molecule is Cc1cc(F)cc(-c2cc(Cl)ccc2CNC2CC2)c1. The van der Waals surface area contributed by atoms with Crippen LogP contribution in [0.25, 0.3) is 11.1 Å². The Labute approximate surface area is 123 Å². The molecule has 2 aromatic carbocycles. The van der Waals surface area contributed by atoms with E-state index in [1.165, 1.54) is 18.9 Å². The van der Waals surface area contributed by atoms with Gasteiger partial charge in [0, 0.05) is 17.6 Å². The second-order valence-electron chi connectivity index (χ2n) is 5.47. The smallest absolute Gasteiger partial charge is 0.124 e. The van der Waals surface area contributed by atoms with E-state index >= 15 is 0 Å². The van der Waals surface area contributed by atoms with Gasteiger partial charge in [-0.1, -0.05) is 23.7 Å². The molecule has 0 aliphatic heterocycles. The van der Waals surface area contributed by atoms with Crippen molar-refractivity contribution in [2.24, 2.45) is 0 Å². The minimum absolute atomic E-state index is 0.207. The Balaban J connectivity index is 1.98. The maximum Gasteiger partial charge on any atom is 0.124 e. The monoisotopic (exact) mass is 289 g/mol. The highest BCUT2D eigenvalue weighted by atomic mass is 35.5. The summed E-state index contributed by atoms with van der Waals surface area (Å²) in [4.78, 5) is 0.